The molecule has 0 aliphatic rings. The Bertz CT molecular complexity index is 870. The second-order valence-electron chi connectivity index (χ2n) is 5.29. The van der Waals surface area contributed by atoms with Gasteiger partial charge in [0.1, 0.15) is 18.0 Å². The Balaban J connectivity index is 1.91. The lowest BCUT2D eigenvalue weighted by molar-refractivity contribution is -0.148. The first-order chi connectivity index (χ1) is 13.1. The van der Waals surface area contributed by atoms with Crippen LogP contribution in [0.5, 0.6) is 11.5 Å². The molecule has 0 spiro atoms. The van der Waals surface area contributed by atoms with Crippen LogP contribution in [0, 0.1) is 0 Å². The van der Waals surface area contributed by atoms with Gasteiger partial charge in [-0.05, 0) is 12.1 Å². The van der Waals surface area contributed by atoms with E-state index in [-0.39, 0.29) is 16.5 Å². The van der Waals surface area contributed by atoms with E-state index < -0.39 is 36.9 Å². The van der Waals surface area contributed by atoms with Gasteiger partial charge in [-0.25, -0.2) is 0 Å². The maximum absolute atomic E-state index is 12.5. The molecular formula is C16H15ClF3N3O5. The zero-order valence-electron chi connectivity index (χ0n) is 14.7. The number of halogens is 4. The summed E-state index contributed by atoms with van der Waals surface area (Å²) in [5, 5.41) is 5.87. The molecule has 0 saturated heterocycles. The van der Waals surface area contributed by atoms with Crippen LogP contribution in [-0.2, 0) is 27.0 Å². The summed E-state index contributed by atoms with van der Waals surface area (Å²) in [5.41, 5.74) is -0.919. The zero-order chi connectivity index (χ0) is 20.9. The second-order valence-corrected chi connectivity index (χ2v) is 5.70. The lowest BCUT2D eigenvalue weighted by Crippen LogP contribution is -2.23. The molecule has 1 amide bonds. The Kier molecular flexibility index (Phi) is 6.73. The van der Waals surface area contributed by atoms with E-state index >= 15 is 0 Å². The molecule has 0 atom stereocenters. The maximum Gasteiger partial charge on any atom is 0.435 e. The predicted molar refractivity (Wildman–Crippen MR) is 91.4 cm³/mol. The standard InChI is InChI=1S/C16H15ClF3N3O5/c1-26-11-6-12(27-2)10(5-9(11)17)21-14(24)8-28-15(25)7-23-4-3-13(22-23)16(18,19)20/h3-6H,7-8H2,1-2H3,(H,21,24). The molecule has 0 fully saturated rings. The van der Waals surface area contributed by atoms with Gasteiger partial charge >= 0.3 is 12.1 Å². The van der Waals surface area contributed by atoms with Gasteiger partial charge in [-0.3, -0.25) is 14.3 Å². The number of anilines is 1. The van der Waals surface area contributed by atoms with Gasteiger partial charge in [0, 0.05) is 12.3 Å². The molecule has 152 valence electrons. The minimum absolute atomic E-state index is 0.217. The highest BCUT2D eigenvalue weighted by atomic mass is 35.5. The Morgan fingerprint density at radius 1 is 1.21 bits per heavy atom. The number of methoxy groups -OCH3 is 2. The van der Waals surface area contributed by atoms with Crippen molar-refractivity contribution in [1.29, 1.82) is 0 Å². The average molecular weight is 422 g/mol. The van der Waals surface area contributed by atoms with Crippen LogP contribution >= 0.6 is 11.6 Å². The predicted octanol–water partition coefficient (Wildman–Crippen LogP) is 2.75. The summed E-state index contributed by atoms with van der Waals surface area (Å²) in [6.45, 7) is -1.25. The van der Waals surface area contributed by atoms with Gasteiger partial charge in [0.2, 0.25) is 0 Å². The molecule has 1 aromatic heterocycles. The van der Waals surface area contributed by atoms with E-state index in [0.29, 0.717) is 5.75 Å². The van der Waals surface area contributed by atoms with E-state index in [0.717, 1.165) is 16.9 Å². The first-order valence-electron chi connectivity index (χ1n) is 7.61. The summed E-state index contributed by atoms with van der Waals surface area (Å²) in [4.78, 5) is 23.6. The third kappa shape index (κ3) is 5.52. The highest BCUT2D eigenvalue weighted by Gasteiger charge is 2.33. The molecule has 0 saturated carbocycles. The lowest BCUT2D eigenvalue weighted by Gasteiger charge is -2.13. The molecule has 0 aliphatic heterocycles. The van der Waals surface area contributed by atoms with Crippen LogP contribution in [0.15, 0.2) is 24.4 Å². The Labute approximate surface area is 162 Å². The van der Waals surface area contributed by atoms with E-state index in [4.69, 9.17) is 25.8 Å². The van der Waals surface area contributed by atoms with Crippen LogP contribution in [0.25, 0.3) is 0 Å². The van der Waals surface area contributed by atoms with Crippen molar-refractivity contribution >= 4 is 29.2 Å². The third-order valence-corrected chi connectivity index (χ3v) is 3.63. The largest absolute Gasteiger partial charge is 0.495 e. The van der Waals surface area contributed by atoms with Crippen molar-refractivity contribution in [1.82, 2.24) is 9.78 Å². The fraction of sp³-hybridized carbons (Fsp3) is 0.312. The number of aromatic nitrogens is 2. The van der Waals surface area contributed by atoms with Crippen molar-refractivity contribution < 1.29 is 37.0 Å². The monoisotopic (exact) mass is 421 g/mol. The summed E-state index contributed by atoms with van der Waals surface area (Å²) in [5.74, 6) is -1.05. The molecular weight excluding hydrogens is 407 g/mol. The number of esters is 1. The quantitative estimate of drug-likeness (QED) is 0.691. The molecule has 28 heavy (non-hydrogen) atoms. The molecule has 0 radical (unpaired) electrons. The highest BCUT2D eigenvalue weighted by molar-refractivity contribution is 6.32. The summed E-state index contributed by atoms with van der Waals surface area (Å²) in [6, 6.07) is 3.57. The van der Waals surface area contributed by atoms with Gasteiger partial charge in [0.15, 0.2) is 12.3 Å². The van der Waals surface area contributed by atoms with E-state index in [1.54, 1.807) is 0 Å². The number of nitrogens with zero attached hydrogens (tertiary/aromatic N) is 2. The summed E-state index contributed by atoms with van der Waals surface area (Å²) >= 11 is 5.99. The highest BCUT2D eigenvalue weighted by Crippen LogP contribution is 2.35. The molecule has 1 heterocycles. The van der Waals surface area contributed by atoms with E-state index in [9.17, 15) is 22.8 Å². The van der Waals surface area contributed by atoms with Crippen LogP contribution in [-0.4, -0.2) is 42.5 Å². The van der Waals surface area contributed by atoms with Gasteiger partial charge in [-0.15, -0.1) is 0 Å². The average Bonchev–Trinajstić information content (AvgIpc) is 3.09. The number of hydrogen-bond donors (Lipinski definition) is 1. The molecule has 1 N–H and O–H groups in total. The molecule has 8 nitrogen and oxygen atoms in total. The lowest BCUT2D eigenvalue weighted by atomic mass is 10.2. The number of benzene rings is 1. The minimum Gasteiger partial charge on any atom is -0.495 e. The molecule has 1 aromatic carbocycles. The summed E-state index contributed by atoms with van der Waals surface area (Å²) < 4.78 is 53.0. The van der Waals surface area contributed by atoms with Gasteiger partial charge < -0.3 is 19.5 Å². The first kappa shape index (κ1) is 21.4. The molecule has 0 bridgehead atoms. The number of alkyl halides is 3. The maximum atomic E-state index is 12.5. The van der Waals surface area contributed by atoms with Gasteiger partial charge in [0.05, 0.1) is 24.9 Å². The van der Waals surface area contributed by atoms with Crippen LogP contribution in [0.4, 0.5) is 18.9 Å². The Morgan fingerprint density at radius 2 is 1.89 bits per heavy atom. The van der Waals surface area contributed by atoms with Crippen molar-refractivity contribution in [2.24, 2.45) is 0 Å². The number of carbonyl (C=O) groups is 2. The van der Waals surface area contributed by atoms with E-state index in [1.807, 2.05) is 0 Å². The Hall–Kier alpha value is -2.95. The van der Waals surface area contributed by atoms with Crippen LogP contribution in [0.1, 0.15) is 5.69 Å². The normalized spacial score (nSPS) is 11.1. The Morgan fingerprint density at radius 3 is 2.46 bits per heavy atom. The van der Waals surface area contributed by atoms with Gasteiger partial charge in [0.25, 0.3) is 5.91 Å². The topological polar surface area (TPSA) is 91.7 Å². The third-order valence-electron chi connectivity index (χ3n) is 3.33. The zero-order valence-corrected chi connectivity index (χ0v) is 15.4. The van der Waals surface area contributed by atoms with E-state index in [1.165, 1.54) is 26.4 Å². The number of carbonyl (C=O) groups excluding carboxylic acids is 2. The van der Waals surface area contributed by atoms with Crippen molar-refractivity contribution in [3.8, 4) is 11.5 Å². The number of rotatable bonds is 7. The summed E-state index contributed by atoms with van der Waals surface area (Å²) in [6.07, 6.45) is -3.64. The van der Waals surface area contributed by atoms with Gasteiger partial charge in [-0.1, -0.05) is 11.6 Å². The number of ether oxygens (including phenoxy) is 3. The smallest absolute Gasteiger partial charge is 0.435 e. The SMILES string of the molecule is COc1cc(OC)c(NC(=O)COC(=O)Cn2ccc(C(F)(F)F)n2)cc1Cl. The fourth-order valence-electron chi connectivity index (χ4n) is 2.07. The van der Waals surface area contributed by atoms with E-state index in [2.05, 4.69) is 10.4 Å². The minimum atomic E-state index is -4.62. The molecule has 12 heteroatoms. The van der Waals surface area contributed by atoms with Crippen molar-refractivity contribution in [2.75, 3.05) is 26.1 Å². The summed E-state index contributed by atoms with van der Waals surface area (Å²) in [7, 11) is 2.78. The molecule has 2 rings (SSSR count). The van der Waals surface area contributed by atoms with Crippen LogP contribution < -0.4 is 14.8 Å². The number of nitrogens with one attached hydrogen (secondary N) is 1. The number of hydrogen-bond acceptors (Lipinski definition) is 6. The van der Waals surface area contributed by atoms with Crippen molar-refractivity contribution in [3.63, 3.8) is 0 Å². The van der Waals surface area contributed by atoms with Crippen LogP contribution in [0.3, 0.4) is 0 Å². The van der Waals surface area contributed by atoms with Crippen LogP contribution in [0.2, 0.25) is 5.02 Å². The first-order valence-corrected chi connectivity index (χ1v) is 7.99. The molecule has 2 aromatic rings. The fourth-order valence-corrected chi connectivity index (χ4v) is 2.31. The second kappa shape index (κ2) is 8.83. The van der Waals surface area contributed by atoms with Crippen molar-refractivity contribution in [3.05, 3.63) is 35.1 Å². The molecule has 0 aliphatic carbocycles. The number of amides is 1. The molecule has 0 unspecified atom stereocenters. The van der Waals surface area contributed by atoms with Gasteiger partial charge in [-0.2, -0.15) is 18.3 Å². The van der Waals surface area contributed by atoms with Crippen molar-refractivity contribution in [2.45, 2.75) is 12.7 Å².